The zero-order chi connectivity index (χ0) is 57.1. The molecule has 0 aromatic rings. The molecule has 0 spiro atoms. The van der Waals surface area contributed by atoms with Gasteiger partial charge in [0.2, 0.25) is 0 Å². The minimum atomic E-state index is -0.780. The Morgan fingerprint density at radius 2 is 0.494 bits per heavy atom. The van der Waals surface area contributed by atoms with Crippen LogP contribution in [-0.2, 0) is 28.6 Å². The molecule has 0 fully saturated rings. The summed E-state index contributed by atoms with van der Waals surface area (Å²) in [6.45, 7) is 6.52. The van der Waals surface area contributed by atoms with Crippen molar-refractivity contribution in [3.63, 3.8) is 0 Å². The van der Waals surface area contributed by atoms with Gasteiger partial charge in [-0.15, -0.1) is 0 Å². The van der Waals surface area contributed by atoms with Crippen molar-refractivity contribution in [2.75, 3.05) is 13.2 Å². The second-order valence-electron chi connectivity index (χ2n) is 23.1. The number of carbonyl (C=O) groups is 3. The summed E-state index contributed by atoms with van der Waals surface area (Å²) >= 11 is 0. The Hall–Kier alpha value is -3.15. The largest absolute Gasteiger partial charge is 0.462 e. The first-order valence-electron chi connectivity index (χ1n) is 34.4. The van der Waals surface area contributed by atoms with E-state index in [4.69, 9.17) is 14.2 Å². The van der Waals surface area contributed by atoms with E-state index in [1.54, 1.807) is 0 Å². The molecule has 1 unspecified atom stereocenters. The maximum Gasteiger partial charge on any atom is 0.306 e. The Labute approximate surface area is 491 Å². The summed E-state index contributed by atoms with van der Waals surface area (Å²) in [5, 5.41) is 0. The molecule has 0 amide bonds. The fourth-order valence-electron chi connectivity index (χ4n) is 10.0. The fraction of sp³-hybridized carbons (Fsp3) is 0.795. The highest BCUT2D eigenvalue weighted by atomic mass is 16.6. The van der Waals surface area contributed by atoms with Crippen LogP contribution in [0.5, 0.6) is 0 Å². The maximum atomic E-state index is 12.9. The standard InChI is InChI=1S/C73H130O6/c1-4-7-10-13-16-19-22-25-27-28-29-30-31-32-33-34-35-36-37-38-39-40-41-42-43-44-45-46-47-49-51-54-57-60-63-66-72(75)78-69-70(68-77-71(74)65-62-59-56-53-50-24-21-18-15-12-9-6-3)79-73(76)67-64-61-58-55-52-48-26-23-20-17-14-11-8-5-2/h7,10,16,18-19,21,23,25-27,29-30,70H,4-6,8-9,11-15,17,20,22,24,28,31-69H2,1-3H3/b10-7-,19-16-,21-18-,26-23-,27-25-,30-29-. The number of ether oxygens (including phenoxy) is 3. The SMILES string of the molecule is CC/C=C\C/C=C\C/C=C\C/C=C\CCCCCCCCCCCCCCCCCCCCCCCCC(=O)OCC(COC(=O)CCCCCCC/C=C\CCCCC)OC(=O)CCCCCCC/C=C\CCCCCCC. The Morgan fingerprint density at radius 1 is 0.266 bits per heavy atom. The lowest BCUT2D eigenvalue weighted by Crippen LogP contribution is -2.30. The van der Waals surface area contributed by atoms with E-state index in [-0.39, 0.29) is 31.1 Å². The molecule has 0 aliphatic heterocycles. The molecule has 458 valence electrons. The van der Waals surface area contributed by atoms with Gasteiger partial charge in [-0.25, -0.2) is 0 Å². The highest BCUT2D eigenvalue weighted by Gasteiger charge is 2.19. The monoisotopic (exact) mass is 1100 g/mol. The summed E-state index contributed by atoms with van der Waals surface area (Å²) in [6, 6.07) is 0. The van der Waals surface area contributed by atoms with E-state index in [1.165, 1.54) is 212 Å². The molecule has 0 aromatic heterocycles. The molecule has 0 radical (unpaired) electrons. The zero-order valence-electron chi connectivity index (χ0n) is 52.6. The predicted molar refractivity (Wildman–Crippen MR) is 344 cm³/mol. The fourth-order valence-corrected chi connectivity index (χ4v) is 10.0. The molecule has 0 rings (SSSR count). The van der Waals surface area contributed by atoms with Crippen molar-refractivity contribution in [3.05, 3.63) is 72.9 Å². The number of allylic oxidation sites excluding steroid dienone is 12. The van der Waals surface area contributed by atoms with E-state index in [0.717, 1.165) is 103 Å². The first kappa shape index (κ1) is 75.8. The third-order valence-corrected chi connectivity index (χ3v) is 15.2. The minimum absolute atomic E-state index is 0.0764. The van der Waals surface area contributed by atoms with Crippen LogP contribution in [0.1, 0.15) is 355 Å². The maximum absolute atomic E-state index is 12.9. The number of unbranched alkanes of at least 4 members (excludes halogenated alkanes) is 40. The lowest BCUT2D eigenvalue weighted by Gasteiger charge is -2.18. The predicted octanol–water partition coefficient (Wildman–Crippen LogP) is 23.7. The average molecular weight is 1100 g/mol. The molecule has 0 saturated carbocycles. The molecule has 0 aromatic carbocycles. The summed E-state index contributed by atoms with van der Waals surface area (Å²) in [6.07, 6.45) is 88.0. The van der Waals surface area contributed by atoms with Crippen LogP contribution in [-0.4, -0.2) is 37.2 Å². The summed E-state index contributed by atoms with van der Waals surface area (Å²) in [7, 11) is 0. The van der Waals surface area contributed by atoms with E-state index < -0.39 is 6.10 Å². The Kier molecular flexibility index (Phi) is 64.7. The highest BCUT2D eigenvalue weighted by Crippen LogP contribution is 2.18. The third-order valence-electron chi connectivity index (χ3n) is 15.2. The lowest BCUT2D eigenvalue weighted by molar-refractivity contribution is -0.167. The van der Waals surface area contributed by atoms with E-state index in [2.05, 4.69) is 93.7 Å². The van der Waals surface area contributed by atoms with Crippen LogP contribution in [0.25, 0.3) is 0 Å². The van der Waals surface area contributed by atoms with E-state index >= 15 is 0 Å². The molecule has 79 heavy (non-hydrogen) atoms. The molecular weight excluding hydrogens is 973 g/mol. The molecule has 0 bridgehead atoms. The molecule has 0 heterocycles. The zero-order valence-corrected chi connectivity index (χ0v) is 52.6. The van der Waals surface area contributed by atoms with Gasteiger partial charge in [0.1, 0.15) is 13.2 Å². The topological polar surface area (TPSA) is 78.9 Å². The lowest BCUT2D eigenvalue weighted by atomic mass is 10.0. The van der Waals surface area contributed by atoms with Gasteiger partial charge in [0.05, 0.1) is 0 Å². The van der Waals surface area contributed by atoms with Gasteiger partial charge < -0.3 is 14.2 Å². The highest BCUT2D eigenvalue weighted by molar-refractivity contribution is 5.71. The van der Waals surface area contributed by atoms with E-state index in [9.17, 15) is 14.4 Å². The van der Waals surface area contributed by atoms with Gasteiger partial charge in [0, 0.05) is 19.3 Å². The van der Waals surface area contributed by atoms with Crippen molar-refractivity contribution < 1.29 is 28.6 Å². The summed E-state index contributed by atoms with van der Waals surface area (Å²) in [5.74, 6) is -0.877. The molecule has 6 nitrogen and oxygen atoms in total. The number of hydrogen-bond donors (Lipinski definition) is 0. The van der Waals surface area contributed by atoms with Crippen LogP contribution in [0.4, 0.5) is 0 Å². The van der Waals surface area contributed by atoms with Crippen molar-refractivity contribution >= 4 is 17.9 Å². The van der Waals surface area contributed by atoms with Crippen LogP contribution in [0.3, 0.4) is 0 Å². The molecule has 0 aliphatic carbocycles. The van der Waals surface area contributed by atoms with Gasteiger partial charge in [-0.2, -0.15) is 0 Å². The van der Waals surface area contributed by atoms with Crippen molar-refractivity contribution in [2.45, 2.75) is 361 Å². The summed E-state index contributed by atoms with van der Waals surface area (Å²) in [5.41, 5.74) is 0. The minimum Gasteiger partial charge on any atom is -0.462 e. The number of rotatable bonds is 63. The van der Waals surface area contributed by atoms with Crippen LogP contribution in [0.2, 0.25) is 0 Å². The van der Waals surface area contributed by atoms with Crippen LogP contribution < -0.4 is 0 Å². The molecule has 0 aliphatic rings. The average Bonchev–Trinajstić information content (AvgIpc) is 3.45. The van der Waals surface area contributed by atoms with E-state index in [1.807, 2.05) is 0 Å². The molecule has 0 saturated heterocycles. The number of carbonyl (C=O) groups excluding carboxylic acids is 3. The molecular formula is C73H130O6. The van der Waals surface area contributed by atoms with Gasteiger partial charge in [-0.3, -0.25) is 14.4 Å². The van der Waals surface area contributed by atoms with Crippen LogP contribution >= 0.6 is 0 Å². The van der Waals surface area contributed by atoms with Gasteiger partial charge in [0.15, 0.2) is 6.10 Å². The van der Waals surface area contributed by atoms with Crippen molar-refractivity contribution in [2.24, 2.45) is 0 Å². The smallest absolute Gasteiger partial charge is 0.306 e. The van der Waals surface area contributed by atoms with Gasteiger partial charge >= 0.3 is 17.9 Å². The van der Waals surface area contributed by atoms with Gasteiger partial charge in [-0.1, -0.05) is 299 Å². The quantitative estimate of drug-likeness (QED) is 0.0261. The Bertz CT molecular complexity index is 1450. The van der Waals surface area contributed by atoms with Crippen molar-refractivity contribution in [1.29, 1.82) is 0 Å². The summed E-state index contributed by atoms with van der Waals surface area (Å²) < 4.78 is 16.9. The molecule has 6 heteroatoms. The third kappa shape index (κ3) is 65.5. The Morgan fingerprint density at radius 3 is 0.810 bits per heavy atom. The number of esters is 3. The summed E-state index contributed by atoms with van der Waals surface area (Å²) in [4.78, 5) is 38.2. The van der Waals surface area contributed by atoms with Crippen molar-refractivity contribution in [1.82, 2.24) is 0 Å². The second kappa shape index (κ2) is 67.4. The van der Waals surface area contributed by atoms with E-state index in [0.29, 0.717) is 19.3 Å². The second-order valence-corrected chi connectivity index (χ2v) is 23.1. The Balaban J connectivity index is 4.05. The normalized spacial score (nSPS) is 12.5. The van der Waals surface area contributed by atoms with Crippen LogP contribution in [0.15, 0.2) is 72.9 Å². The molecule has 0 N–H and O–H groups in total. The van der Waals surface area contributed by atoms with Crippen LogP contribution in [0, 0.1) is 0 Å². The van der Waals surface area contributed by atoms with Gasteiger partial charge in [-0.05, 0) is 109 Å². The first-order chi connectivity index (χ1) is 39.0. The first-order valence-corrected chi connectivity index (χ1v) is 34.4. The molecule has 1 atom stereocenters. The van der Waals surface area contributed by atoms with Gasteiger partial charge in [0.25, 0.3) is 0 Å². The number of hydrogen-bond acceptors (Lipinski definition) is 6. The van der Waals surface area contributed by atoms with Crippen molar-refractivity contribution in [3.8, 4) is 0 Å².